The highest BCUT2D eigenvalue weighted by molar-refractivity contribution is 5.82. The number of carbonyl (C=O) groups is 1. The van der Waals surface area contributed by atoms with Gasteiger partial charge in [-0.2, -0.15) is 0 Å². The first-order valence-corrected chi connectivity index (χ1v) is 10.3. The van der Waals surface area contributed by atoms with Gasteiger partial charge in [0.1, 0.15) is 6.23 Å². The summed E-state index contributed by atoms with van der Waals surface area (Å²) < 4.78 is 5.46. The summed E-state index contributed by atoms with van der Waals surface area (Å²) in [5, 5.41) is 9.84. The van der Waals surface area contributed by atoms with Crippen LogP contribution in [0.15, 0.2) is 51.8 Å². The van der Waals surface area contributed by atoms with E-state index < -0.39 is 6.23 Å². The maximum Gasteiger partial charge on any atom is 0.320 e. The largest absolute Gasteiger partial charge is 0.380 e. The van der Waals surface area contributed by atoms with E-state index in [1.54, 1.807) is 0 Å². The third kappa shape index (κ3) is 4.60. The lowest BCUT2D eigenvalue weighted by atomic mass is 10.0. The van der Waals surface area contributed by atoms with Crippen molar-refractivity contribution in [2.45, 2.75) is 19.1 Å². The van der Waals surface area contributed by atoms with Crippen LogP contribution in [0.25, 0.3) is 0 Å². The summed E-state index contributed by atoms with van der Waals surface area (Å²) in [6.45, 7) is 5.62. The third-order valence-corrected chi connectivity index (χ3v) is 5.72. The van der Waals surface area contributed by atoms with Crippen LogP contribution in [0, 0.1) is 0 Å². The van der Waals surface area contributed by atoms with Gasteiger partial charge in [-0.15, -0.1) is 0 Å². The van der Waals surface area contributed by atoms with Gasteiger partial charge >= 0.3 is 6.03 Å². The van der Waals surface area contributed by atoms with Gasteiger partial charge in [0.2, 0.25) is 0 Å². The Morgan fingerprint density at radius 1 is 1.10 bits per heavy atom. The third-order valence-electron chi connectivity index (χ3n) is 5.72. The predicted octanol–water partition coefficient (Wildman–Crippen LogP) is 0.832. The number of hydrogen-bond donors (Lipinski definition) is 2. The summed E-state index contributed by atoms with van der Waals surface area (Å²) in [5.74, 6) is 0. The molecule has 0 spiro atoms. The number of aliphatic imine (C=N–C) groups is 1. The van der Waals surface area contributed by atoms with Crippen molar-refractivity contribution >= 4 is 12.2 Å². The molecule has 0 radical (unpaired) electrons. The number of urea groups is 1. The molecule has 8 heteroatoms. The fourth-order valence-corrected chi connectivity index (χ4v) is 4.07. The number of piperazine rings is 1. The normalized spacial score (nSPS) is 23.9. The number of nitrogens with two attached hydrogens (primary N) is 1. The fraction of sp³-hybridized carbons (Fsp3) is 0.524. The number of rotatable bonds is 2. The summed E-state index contributed by atoms with van der Waals surface area (Å²) in [5.41, 5.74) is 9.60. The van der Waals surface area contributed by atoms with Crippen LogP contribution in [-0.2, 0) is 4.74 Å². The Hall–Kier alpha value is -2.42. The zero-order valence-corrected chi connectivity index (χ0v) is 16.7. The summed E-state index contributed by atoms with van der Waals surface area (Å²) >= 11 is 0. The molecule has 1 atom stereocenters. The molecule has 156 valence electrons. The molecule has 29 heavy (non-hydrogen) atoms. The molecule has 8 nitrogen and oxygen atoms in total. The number of allylic oxidation sites excluding steroid dienone is 5. The second-order valence-corrected chi connectivity index (χ2v) is 7.70. The van der Waals surface area contributed by atoms with E-state index in [4.69, 9.17) is 10.5 Å². The van der Waals surface area contributed by atoms with Crippen molar-refractivity contribution in [2.24, 2.45) is 10.7 Å². The van der Waals surface area contributed by atoms with E-state index in [9.17, 15) is 9.90 Å². The highest BCUT2D eigenvalue weighted by Gasteiger charge is 2.27. The SMILES string of the molecule is NC(O)C1=CC2=C(N3CCN(C(=O)N4CCCOCC4)CC3)C=NC=C(C=C1)C2. The molecular weight excluding hydrogens is 370 g/mol. The molecule has 0 aromatic heterocycles. The molecule has 3 heterocycles. The molecule has 1 aliphatic carbocycles. The first-order valence-electron chi connectivity index (χ1n) is 10.3. The topological polar surface area (TPSA) is 94.6 Å². The Bertz CT molecular complexity index is 780. The summed E-state index contributed by atoms with van der Waals surface area (Å²) in [7, 11) is 0. The van der Waals surface area contributed by atoms with Gasteiger partial charge in [-0.05, 0) is 29.2 Å². The van der Waals surface area contributed by atoms with Crippen molar-refractivity contribution in [1.82, 2.24) is 14.7 Å². The summed E-state index contributed by atoms with van der Waals surface area (Å²) in [6, 6.07) is 0.110. The molecule has 0 saturated carbocycles. The number of amides is 2. The second kappa shape index (κ2) is 8.94. The molecule has 0 aromatic carbocycles. The Labute approximate surface area is 171 Å². The van der Waals surface area contributed by atoms with Crippen LogP contribution in [-0.4, -0.2) is 90.8 Å². The van der Waals surface area contributed by atoms with Crippen LogP contribution in [0.3, 0.4) is 0 Å². The van der Waals surface area contributed by atoms with Crippen LogP contribution >= 0.6 is 0 Å². The molecule has 4 rings (SSSR count). The standard InChI is InChI=1S/C21H29N5O3/c22-20(27)17-3-2-16-12-18(13-17)19(15-23-14-16)24-5-7-26(8-6-24)21(28)25-4-1-10-29-11-9-25/h2-3,13-15,20,27H,1,4-12,22H2. The van der Waals surface area contributed by atoms with Crippen LogP contribution in [0.2, 0.25) is 0 Å². The maximum absolute atomic E-state index is 12.9. The van der Waals surface area contributed by atoms with E-state index in [-0.39, 0.29) is 6.03 Å². The maximum atomic E-state index is 12.9. The van der Waals surface area contributed by atoms with Crippen LogP contribution in [0.4, 0.5) is 4.79 Å². The fourth-order valence-electron chi connectivity index (χ4n) is 4.07. The molecule has 3 aliphatic heterocycles. The minimum Gasteiger partial charge on any atom is -0.380 e. The lowest BCUT2D eigenvalue weighted by Gasteiger charge is -2.39. The van der Waals surface area contributed by atoms with Crippen LogP contribution < -0.4 is 5.73 Å². The van der Waals surface area contributed by atoms with Crippen LogP contribution in [0.1, 0.15) is 12.8 Å². The number of aliphatic hydroxyl groups excluding tert-OH is 1. The molecule has 4 aliphatic rings. The lowest BCUT2D eigenvalue weighted by Crippen LogP contribution is -2.53. The molecule has 0 aromatic rings. The Morgan fingerprint density at radius 3 is 2.69 bits per heavy atom. The molecule has 2 amide bonds. The molecule has 2 bridgehead atoms. The van der Waals surface area contributed by atoms with Gasteiger partial charge in [-0.3, -0.25) is 4.99 Å². The van der Waals surface area contributed by atoms with Crippen molar-refractivity contribution < 1.29 is 14.6 Å². The van der Waals surface area contributed by atoms with Gasteiger partial charge in [-0.25, -0.2) is 4.79 Å². The van der Waals surface area contributed by atoms with E-state index in [1.165, 1.54) is 0 Å². The smallest absolute Gasteiger partial charge is 0.320 e. The molecular formula is C21H29N5O3. The minimum atomic E-state index is -1.01. The van der Waals surface area contributed by atoms with Crippen molar-refractivity contribution in [1.29, 1.82) is 0 Å². The Morgan fingerprint density at radius 2 is 1.90 bits per heavy atom. The van der Waals surface area contributed by atoms with Crippen molar-refractivity contribution in [3.63, 3.8) is 0 Å². The van der Waals surface area contributed by atoms with Gasteiger partial charge in [0.25, 0.3) is 0 Å². The van der Waals surface area contributed by atoms with E-state index in [2.05, 4.69) is 9.89 Å². The number of ether oxygens (including phenoxy) is 1. The highest BCUT2D eigenvalue weighted by atomic mass is 16.5. The molecule has 2 fully saturated rings. The molecule has 3 N–H and O–H groups in total. The van der Waals surface area contributed by atoms with E-state index in [1.807, 2.05) is 40.4 Å². The quantitative estimate of drug-likeness (QED) is 0.671. The zero-order valence-electron chi connectivity index (χ0n) is 16.7. The summed E-state index contributed by atoms with van der Waals surface area (Å²) in [4.78, 5) is 23.4. The Balaban J connectivity index is 1.46. The first kappa shape index (κ1) is 19.9. The lowest BCUT2D eigenvalue weighted by molar-refractivity contribution is 0.117. The zero-order chi connectivity index (χ0) is 20.2. The van der Waals surface area contributed by atoms with Gasteiger partial charge in [0.15, 0.2) is 0 Å². The van der Waals surface area contributed by atoms with E-state index >= 15 is 0 Å². The second-order valence-electron chi connectivity index (χ2n) is 7.70. The van der Waals surface area contributed by atoms with Crippen molar-refractivity contribution in [2.75, 3.05) is 52.5 Å². The first-order chi connectivity index (χ1) is 14.1. The minimum absolute atomic E-state index is 0.110. The summed E-state index contributed by atoms with van der Waals surface area (Å²) in [6.07, 6.45) is 10.1. The molecule has 2 saturated heterocycles. The monoisotopic (exact) mass is 399 g/mol. The van der Waals surface area contributed by atoms with E-state index in [0.717, 1.165) is 55.9 Å². The average molecular weight is 399 g/mol. The van der Waals surface area contributed by atoms with Gasteiger partial charge in [0, 0.05) is 58.5 Å². The van der Waals surface area contributed by atoms with Crippen molar-refractivity contribution in [3.8, 4) is 0 Å². The Kier molecular flexibility index (Phi) is 6.13. The highest BCUT2D eigenvalue weighted by Crippen LogP contribution is 2.27. The number of carbonyl (C=O) groups excluding carboxylic acids is 1. The van der Waals surface area contributed by atoms with Gasteiger partial charge in [0.05, 0.1) is 18.5 Å². The van der Waals surface area contributed by atoms with Gasteiger partial charge in [-0.1, -0.05) is 12.2 Å². The molecule has 1 unspecified atom stereocenters. The van der Waals surface area contributed by atoms with Crippen molar-refractivity contribution in [3.05, 3.63) is 46.8 Å². The van der Waals surface area contributed by atoms with Crippen LogP contribution in [0.5, 0.6) is 0 Å². The van der Waals surface area contributed by atoms with E-state index in [0.29, 0.717) is 31.8 Å². The van der Waals surface area contributed by atoms with Gasteiger partial charge < -0.3 is 30.3 Å². The number of nitrogens with zero attached hydrogens (tertiary/aromatic N) is 4. The average Bonchev–Trinajstić information content (AvgIpc) is 3.20. The predicted molar refractivity (Wildman–Crippen MR) is 111 cm³/mol. The number of fused-ring (bicyclic) bond motifs is 2. The number of hydrogen-bond acceptors (Lipinski definition) is 6. The number of aliphatic hydroxyl groups is 1.